The lowest BCUT2D eigenvalue weighted by molar-refractivity contribution is -0.121. The summed E-state index contributed by atoms with van der Waals surface area (Å²) in [6.45, 7) is 3.62. The van der Waals surface area contributed by atoms with Gasteiger partial charge in [-0.05, 0) is 19.9 Å². The van der Waals surface area contributed by atoms with Crippen LogP contribution in [0.3, 0.4) is 0 Å². The van der Waals surface area contributed by atoms with Gasteiger partial charge in [0.1, 0.15) is 0 Å². The van der Waals surface area contributed by atoms with E-state index in [-0.39, 0.29) is 23.7 Å². The van der Waals surface area contributed by atoms with Crippen LogP contribution in [0, 0.1) is 0 Å². The maximum Gasteiger partial charge on any atom is 0.290 e. The molecule has 1 aromatic carbocycles. The van der Waals surface area contributed by atoms with E-state index in [0.717, 1.165) is 4.96 Å². The molecule has 0 unspecified atom stereocenters. The number of nitrogens with zero attached hydrogens (tertiary/aromatic N) is 4. The average Bonchev–Trinajstić information content (AvgIpc) is 3.28. The first-order chi connectivity index (χ1) is 13.9. The number of rotatable bonds is 4. The molecule has 0 radical (unpaired) electrons. The molecule has 0 spiro atoms. The van der Waals surface area contributed by atoms with Crippen LogP contribution in [-0.4, -0.2) is 31.0 Å². The lowest BCUT2D eigenvalue weighted by Crippen LogP contribution is -2.43. The second-order valence-corrected chi connectivity index (χ2v) is 7.61. The molecule has 0 atom stereocenters. The maximum absolute atomic E-state index is 12.7. The number of hydrogen-bond donors (Lipinski definition) is 2. The number of hydrogen-bond acceptors (Lipinski definition) is 6. The van der Waals surface area contributed by atoms with Crippen molar-refractivity contribution in [3.63, 3.8) is 0 Å². The Morgan fingerprint density at radius 3 is 2.66 bits per heavy atom. The van der Waals surface area contributed by atoms with Gasteiger partial charge >= 0.3 is 0 Å². The Kier molecular flexibility index (Phi) is 4.85. The molecule has 0 aliphatic carbocycles. The minimum atomic E-state index is -0.602. The Hall–Kier alpha value is -3.53. The predicted molar refractivity (Wildman–Crippen MR) is 109 cm³/mol. The van der Waals surface area contributed by atoms with Crippen LogP contribution in [0.4, 0.5) is 0 Å². The fourth-order valence-corrected chi connectivity index (χ4v) is 3.70. The van der Waals surface area contributed by atoms with Crippen LogP contribution in [0.25, 0.3) is 15.7 Å². The highest BCUT2D eigenvalue weighted by Crippen LogP contribution is 2.15. The Labute approximate surface area is 169 Å². The lowest BCUT2D eigenvalue weighted by atomic mass is 10.1. The topological polar surface area (TPSA) is 110 Å². The predicted octanol–water partition coefficient (Wildman–Crippen LogP) is 1.69. The zero-order valence-electron chi connectivity index (χ0n) is 15.7. The SMILES string of the molecule is CC(C)n1nc(C(=O)NNC(=O)Cc2cn3ccsc3n2)c2ccccc2c1=O. The van der Waals surface area contributed by atoms with Crippen molar-refractivity contribution < 1.29 is 9.59 Å². The standard InChI is InChI=1S/C19H18N6O3S/c1-11(2)25-18(28)14-6-4-3-5-13(14)16(23-25)17(27)22-21-15(26)9-12-10-24-7-8-29-19(24)20-12/h3-8,10-11H,9H2,1-2H3,(H,21,26)(H,22,27). The summed E-state index contributed by atoms with van der Waals surface area (Å²) in [7, 11) is 0. The van der Waals surface area contributed by atoms with Crippen molar-refractivity contribution >= 4 is 38.9 Å². The molecule has 0 aliphatic rings. The molecule has 0 saturated heterocycles. The van der Waals surface area contributed by atoms with Gasteiger partial charge in [-0.1, -0.05) is 18.2 Å². The molecule has 10 heteroatoms. The van der Waals surface area contributed by atoms with Gasteiger partial charge < -0.3 is 0 Å². The molecule has 3 heterocycles. The molecular formula is C19H18N6O3S. The van der Waals surface area contributed by atoms with Crippen molar-refractivity contribution in [3.8, 4) is 0 Å². The van der Waals surface area contributed by atoms with Crippen molar-refractivity contribution in [1.29, 1.82) is 0 Å². The molecule has 4 rings (SSSR count). The number of nitrogens with one attached hydrogen (secondary N) is 2. The monoisotopic (exact) mass is 410 g/mol. The molecule has 2 amide bonds. The van der Waals surface area contributed by atoms with Crippen LogP contribution in [0.1, 0.15) is 36.1 Å². The zero-order valence-corrected chi connectivity index (χ0v) is 16.6. The van der Waals surface area contributed by atoms with Crippen molar-refractivity contribution in [1.82, 2.24) is 30.0 Å². The third kappa shape index (κ3) is 3.61. The first-order valence-corrected chi connectivity index (χ1v) is 9.84. The third-order valence-corrected chi connectivity index (χ3v) is 5.10. The van der Waals surface area contributed by atoms with Crippen LogP contribution >= 0.6 is 11.3 Å². The van der Waals surface area contributed by atoms with E-state index in [1.54, 1.807) is 30.5 Å². The number of imidazole rings is 1. The Balaban J connectivity index is 1.52. The first kappa shape index (κ1) is 18.8. The Morgan fingerprint density at radius 2 is 1.93 bits per heavy atom. The smallest absolute Gasteiger partial charge is 0.290 e. The molecule has 0 bridgehead atoms. The van der Waals surface area contributed by atoms with E-state index in [1.165, 1.54) is 16.0 Å². The van der Waals surface area contributed by atoms with Gasteiger partial charge in [-0.2, -0.15) is 5.10 Å². The number of carbonyl (C=O) groups is 2. The normalized spacial score (nSPS) is 11.3. The quantitative estimate of drug-likeness (QED) is 0.498. The number of fused-ring (bicyclic) bond motifs is 2. The molecule has 0 aliphatic heterocycles. The van der Waals surface area contributed by atoms with Gasteiger partial charge in [0, 0.05) is 23.2 Å². The van der Waals surface area contributed by atoms with E-state index in [1.807, 2.05) is 29.8 Å². The number of thiazole rings is 1. The second kappa shape index (κ2) is 7.47. The van der Waals surface area contributed by atoms with Gasteiger partial charge in [0.2, 0.25) is 5.91 Å². The molecule has 3 aromatic heterocycles. The fraction of sp³-hybridized carbons (Fsp3) is 0.211. The minimum Gasteiger partial charge on any atom is -0.297 e. The first-order valence-electron chi connectivity index (χ1n) is 8.96. The number of aromatic nitrogens is 4. The Bertz CT molecular complexity index is 1260. The number of benzene rings is 1. The van der Waals surface area contributed by atoms with E-state index >= 15 is 0 Å². The highest BCUT2D eigenvalue weighted by molar-refractivity contribution is 7.15. The molecule has 0 fully saturated rings. The van der Waals surface area contributed by atoms with E-state index in [2.05, 4.69) is 20.9 Å². The van der Waals surface area contributed by atoms with Gasteiger partial charge in [-0.15, -0.1) is 11.3 Å². The van der Waals surface area contributed by atoms with Crippen LogP contribution in [0.5, 0.6) is 0 Å². The third-order valence-electron chi connectivity index (χ3n) is 4.33. The molecule has 0 saturated carbocycles. The molecular weight excluding hydrogens is 392 g/mol. The van der Waals surface area contributed by atoms with Crippen LogP contribution in [-0.2, 0) is 11.2 Å². The van der Waals surface area contributed by atoms with Crippen molar-refractivity contribution in [2.24, 2.45) is 0 Å². The summed E-state index contributed by atoms with van der Waals surface area (Å²) in [6.07, 6.45) is 3.64. The van der Waals surface area contributed by atoms with Gasteiger partial charge in [0.15, 0.2) is 10.7 Å². The summed E-state index contributed by atoms with van der Waals surface area (Å²) in [5.74, 6) is -1.01. The summed E-state index contributed by atoms with van der Waals surface area (Å²) >= 11 is 1.47. The van der Waals surface area contributed by atoms with Gasteiger partial charge in [-0.3, -0.25) is 29.6 Å². The molecule has 148 valence electrons. The van der Waals surface area contributed by atoms with E-state index in [4.69, 9.17) is 0 Å². The largest absolute Gasteiger partial charge is 0.297 e. The molecule has 29 heavy (non-hydrogen) atoms. The zero-order chi connectivity index (χ0) is 20.5. The highest BCUT2D eigenvalue weighted by atomic mass is 32.1. The lowest BCUT2D eigenvalue weighted by Gasteiger charge is -2.13. The Morgan fingerprint density at radius 1 is 1.17 bits per heavy atom. The second-order valence-electron chi connectivity index (χ2n) is 6.74. The van der Waals surface area contributed by atoms with Crippen molar-refractivity contribution in [3.05, 3.63) is 63.8 Å². The van der Waals surface area contributed by atoms with Gasteiger partial charge in [0.25, 0.3) is 11.5 Å². The average molecular weight is 410 g/mol. The minimum absolute atomic E-state index is 0.0222. The summed E-state index contributed by atoms with van der Waals surface area (Å²) in [5, 5.41) is 6.93. The number of amides is 2. The van der Waals surface area contributed by atoms with E-state index in [9.17, 15) is 14.4 Å². The van der Waals surface area contributed by atoms with Crippen LogP contribution in [0.2, 0.25) is 0 Å². The summed E-state index contributed by atoms with van der Waals surface area (Å²) in [6, 6.07) is 6.54. The summed E-state index contributed by atoms with van der Waals surface area (Å²) in [5.41, 5.74) is 5.15. The van der Waals surface area contributed by atoms with E-state index in [0.29, 0.717) is 16.5 Å². The summed E-state index contributed by atoms with van der Waals surface area (Å²) in [4.78, 5) is 42.6. The molecule has 9 nitrogen and oxygen atoms in total. The highest BCUT2D eigenvalue weighted by Gasteiger charge is 2.18. The van der Waals surface area contributed by atoms with Gasteiger partial charge in [0.05, 0.1) is 23.5 Å². The molecule has 4 aromatic rings. The number of hydrazine groups is 1. The molecule has 2 N–H and O–H groups in total. The van der Waals surface area contributed by atoms with Crippen molar-refractivity contribution in [2.75, 3.05) is 0 Å². The van der Waals surface area contributed by atoms with E-state index < -0.39 is 11.8 Å². The maximum atomic E-state index is 12.7. The van der Waals surface area contributed by atoms with Gasteiger partial charge in [-0.25, -0.2) is 9.67 Å². The fourth-order valence-electron chi connectivity index (χ4n) is 2.98. The van der Waals surface area contributed by atoms with Crippen molar-refractivity contribution in [2.45, 2.75) is 26.3 Å². The number of carbonyl (C=O) groups excluding carboxylic acids is 2. The summed E-state index contributed by atoms with van der Waals surface area (Å²) < 4.78 is 3.09. The van der Waals surface area contributed by atoms with Crippen LogP contribution < -0.4 is 16.4 Å². The van der Waals surface area contributed by atoms with Crippen LogP contribution in [0.15, 0.2) is 46.8 Å².